The van der Waals surface area contributed by atoms with E-state index in [1.165, 1.54) is 0 Å². The lowest BCUT2D eigenvalue weighted by Gasteiger charge is -2.26. The van der Waals surface area contributed by atoms with Crippen molar-refractivity contribution in [2.75, 3.05) is 32.2 Å². The van der Waals surface area contributed by atoms with Gasteiger partial charge in [-0.2, -0.15) is 0 Å². The highest BCUT2D eigenvalue weighted by molar-refractivity contribution is 5.95. The lowest BCUT2D eigenvalue weighted by Crippen LogP contribution is -3.12. The van der Waals surface area contributed by atoms with Crippen molar-refractivity contribution in [3.63, 3.8) is 0 Å². The Balaban J connectivity index is 1.66. The number of anilines is 1. The van der Waals surface area contributed by atoms with Crippen LogP contribution in [0.1, 0.15) is 12.5 Å². The maximum Gasteiger partial charge on any atom is 0.284 e. The number of hydrogen-bond acceptors (Lipinski definition) is 3. The Kier molecular flexibility index (Phi) is 5.24. The SMILES string of the molecule is C[C@@H](C(=O)N(C)c1ccccc1)[NH+](C)Cc1ccc2c(c1)OCCO2. The molecule has 0 aliphatic carbocycles. The predicted octanol–water partition coefficient (Wildman–Crippen LogP) is 1.52. The second kappa shape index (κ2) is 7.57. The average molecular weight is 341 g/mol. The molecule has 2 aromatic carbocycles. The van der Waals surface area contributed by atoms with Crippen LogP contribution in [0.3, 0.4) is 0 Å². The first-order valence-corrected chi connectivity index (χ1v) is 8.59. The van der Waals surface area contributed by atoms with Crippen LogP contribution in [0.15, 0.2) is 48.5 Å². The minimum absolute atomic E-state index is 0.0984. The Bertz CT molecular complexity index is 733. The topological polar surface area (TPSA) is 43.2 Å². The van der Waals surface area contributed by atoms with Crippen LogP contribution < -0.4 is 19.3 Å². The number of benzene rings is 2. The van der Waals surface area contributed by atoms with Crippen molar-refractivity contribution in [3.8, 4) is 11.5 Å². The molecule has 3 rings (SSSR count). The van der Waals surface area contributed by atoms with Gasteiger partial charge in [0, 0.05) is 18.3 Å². The molecule has 2 atom stereocenters. The summed E-state index contributed by atoms with van der Waals surface area (Å²) >= 11 is 0. The fourth-order valence-corrected chi connectivity index (χ4v) is 2.95. The van der Waals surface area contributed by atoms with Gasteiger partial charge < -0.3 is 19.3 Å². The molecule has 0 spiro atoms. The van der Waals surface area contributed by atoms with E-state index in [0.29, 0.717) is 13.2 Å². The van der Waals surface area contributed by atoms with Crippen molar-refractivity contribution in [1.29, 1.82) is 0 Å². The van der Waals surface area contributed by atoms with E-state index < -0.39 is 0 Å². The summed E-state index contributed by atoms with van der Waals surface area (Å²) in [5, 5.41) is 0. The van der Waals surface area contributed by atoms with Crippen LogP contribution in [-0.4, -0.2) is 39.3 Å². The van der Waals surface area contributed by atoms with Crippen molar-refractivity contribution in [3.05, 3.63) is 54.1 Å². The smallest absolute Gasteiger partial charge is 0.284 e. The second-order valence-electron chi connectivity index (χ2n) is 6.46. The van der Waals surface area contributed by atoms with Crippen LogP contribution in [0.4, 0.5) is 5.69 Å². The highest BCUT2D eigenvalue weighted by atomic mass is 16.6. The summed E-state index contributed by atoms with van der Waals surface area (Å²) in [4.78, 5) is 15.6. The van der Waals surface area contributed by atoms with E-state index in [4.69, 9.17) is 9.47 Å². The fourth-order valence-electron chi connectivity index (χ4n) is 2.95. The number of quaternary nitrogens is 1. The van der Waals surface area contributed by atoms with E-state index in [9.17, 15) is 4.79 Å². The molecular formula is C20H25N2O3+. The molecule has 1 unspecified atom stereocenters. The molecule has 132 valence electrons. The zero-order valence-electron chi connectivity index (χ0n) is 15.0. The standard InChI is InChI=1S/C20H24N2O3/c1-15(20(23)22(3)17-7-5-4-6-8-17)21(2)14-16-9-10-18-19(13-16)25-12-11-24-18/h4-10,13,15H,11-12,14H2,1-3H3/p+1/t15-/m0/s1. The molecule has 2 aromatic rings. The van der Waals surface area contributed by atoms with Gasteiger partial charge in [0.25, 0.3) is 5.91 Å². The number of ether oxygens (including phenoxy) is 2. The van der Waals surface area contributed by atoms with E-state index in [1.54, 1.807) is 4.90 Å². The molecule has 0 saturated carbocycles. The summed E-state index contributed by atoms with van der Waals surface area (Å²) in [7, 11) is 3.86. The number of amides is 1. The van der Waals surface area contributed by atoms with Gasteiger partial charge in [0.05, 0.1) is 7.05 Å². The number of para-hydroxylation sites is 1. The first-order chi connectivity index (χ1) is 12.1. The fraction of sp³-hybridized carbons (Fsp3) is 0.350. The maximum atomic E-state index is 12.8. The summed E-state index contributed by atoms with van der Waals surface area (Å²) in [6, 6.07) is 15.6. The van der Waals surface area contributed by atoms with E-state index in [2.05, 4.69) is 0 Å². The van der Waals surface area contributed by atoms with Crippen molar-refractivity contribution in [2.24, 2.45) is 0 Å². The van der Waals surface area contributed by atoms with E-state index in [0.717, 1.165) is 34.2 Å². The number of rotatable bonds is 5. The van der Waals surface area contributed by atoms with Crippen molar-refractivity contribution >= 4 is 11.6 Å². The second-order valence-corrected chi connectivity index (χ2v) is 6.46. The Morgan fingerprint density at radius 2 is 1.80 bits per heavy atom. The van der Waals surface area contributed by atoms with Crippen LogP contribution in [-0.2, 0) is 11.3 Å². The quantitative estimate of drug-likeness (QED) is 0.897. The summed E-state index contributed by atoms with van der Waals surface area (Å²) in [6.07, 6.45) is 0. The summed E-state index contributed by atoms with van der Waals surface area (Å²) in [6.45, 7) is 3.88. The Labute approximate surface area is 148 Å². The number of likely N-dealkylation sites (N-methyl/N-ethyl adjacent to an activating group) is 2. The maximum absolute atomic E-state index is 12.8. The zero-order valence-corrected chi connectivity index (χ0v) is 15.0. The third kappa shape index (κ3) is 3.94. The number of fused-ring (bicyclic) bond motifs is 1. The molecule has 0 saturated heterocycles. The van der Waals surface area contributed by atoms with Crippen LogP contribution in [0.5, 0.6) is 11.5 Å². The van der Waals surface area contributed by atoms with Gasteiger partial charge in [-0.25, -0.2) is 0 Å². The molecule has 0 aromatic heterocycles. The molecular weight excluding hydrogens is 316 g/mol. The summed E-state index contributed by atoms with van der Waals surface area (Å²) in [5.41, 5.74) is 2.04. The lowest BCUT2D eigenvalue weighted by atomic mass is 10.1. The molecule has 1 N–H and O–H groups in total. The Morgan fingerprint density at radius 3 is 2.52 bits per heavy atom. The number of hydrogen-bond donors (Lipinski definition) is 1. The highest BCUT2D eigenvalue weighted by Crippen LogP contribution is 2.30. The highest BCUT2D eigenvalue weighted by Gasteiger charge is 2.26. The molecule has 5 nitrogen and oxygen atoms in total. The van der Waals surface area contributed by atoms with Gasteiger partial charge in [0.1, 0.15) is 19.8 Å². The largest absolute Gasteiger partial charge is 0.486 e. The summed E-state index contributed by atoms with van der Waals surface area (Å²) in [5.74, 6) is 1.68. The molecule has 0 radical (unpaired) electrons. The third-order valence-corrected chi connectivity index (χ3v) is 4.67. The number of carbonyl (C=O) groups is 1. The minimum atomic E-state index is -0.154. The van der Waals surface area contributed by atoms with E-state index in [-0.39, 0.29) is 11.9 Å². The number of nitrogens with zero attached hydrogens (tertiary/aromatic N) is 1. The van der Waals surface area contributed by atoms with Gasteiger partial charge in [-0.3, -0.25) is 4.79 Å². The first kappa shape index (κ1) is 17.3. The van der Waals surface area contributed by atoms with Crippen molar-refractivity contribution in [2.45, 2.75) is 19.5 Å². The lowest BCUT2D eigenvalue weighted by molar-refractivity contribution is -0.908. The van der Waals surface area contributed by atoms with Gasteiger partial charge in [-0.15, -0.1) is 0 Å². The van der Waals surface area contributed by atoms with Gasteiger partial charge in [-0.1, -0.05) is 18.2 Å². The molecule has 1 amide bonds. The molecule has 1 aliphatic heterocycles. The molecule has 5 heteroatoms. The van der Waals surface area contributed by atoms with Crippen LogP contribution in [0.2, 0.25) is 0 Å². The third-order valence-electron chi connectivity index (χ3n) is 4.67. The van der Waals surface area contributed by atoms with Crippen molar-refractivity contribution < 1.29 is 19.2 Å². The first-order valence-electron chi connectivity index (χ1n) is 8.59. The van der Waals surface area contributed by atoms with Crippen molar-refractivity contribution in [1.82, 2.24) is 0 Å². The number of carbonyl (C=O) groups excluding carboxylic acids is 1. The molecule has 0 bridgehead atoms. The van der Waals surface area contributed by atoms with Crippen LogP contribution >= 0.6 is 0 Å². The van der Waals surface area contributed by atoms with E-state index in [1.807, 2.05) is 69.6 Å². The number of nitrogens with one attached hydrogen (secondary N) is 1. The summed E-state index contributed by atoms with van der Waals surface area (Å²) < 4.78 is 11.2. The molecule has 25 heavy (non-hydrogen) atoms. The average Bonchev–Trinajstić information content (AvgIpc) is 2.66. The van der Waals surface area contributed by atoms with Crippen LogP contribution in [0, 0.1) is 0 Å². The zero-order chi connectivity index (χ0) is 17.8. The molecule has 1 heterocycles. The molecule has 0 fully saturated rings. The molecule has 1 aliphatic rings. The van der Waals surface area contributed by atoms with Gasteiger partial charge >= 0.3 is 0 Å². The Morgan fingerprint density at radius 1 is 1.12 bits per heavy atom. The van der Waals surface area contributed by atoms with Gasteiger partial charge in [0.15, 0.2) is 17.5 Å². The predicted molar refractivity (Wildman–Crippen MR) is 97.3 cm³/mol. The minimum Gasteiger partial charge on any atom is -0.486 e. The van der Waals surface area contributed by atoms with Crippen LogP contribution in [0.25, 0.3) is 0 Å². The Hall–Kier alpha value is -2.53. The monoisotopic (exact) mass is 341 g/mol. The van der Waals surface area contributed by atoms with Gasteiger partial charge in [0.2, 0.25) is 0 Å². The van der Waals surface area contributed by atoms with E-state index >= 15 is 0 Å². The van der Waals surface area contributed by atoms with Gasteiger partial charge in [-0.05, 0) is 37.3 Å². The normalized spacial score (nSPS) is 15.3.